The van der Waals surface area contributed by atoms with Gasteiger partial charge < -0.3 is 4.57 Å². The molecule has 0 aliphatic carbocycles. The molecule has 5 rings (SSSR count). The van der Waals surface area contributed by atoms with Crippen LogP contribution in [-0.2, 0) is 17.1 Å². The lowest BCUT2D eigenvalue weighted by Crippen LogP contribution is -2.28. The van der Waals surface area contributed by atoms with E-state index in [0.717, 1.165) is 22.2 Å². The first kappa shape index (κ1) is 18.6. The molecule has 0 radical (unpaired) electrons. The third-order valence-corrected chi connectivity index (χ3v) is 7.35. The van der Waals surface area contributed by atoms with E-state index >= 15 is 0 Å². The van der Waals surface area contributed by atoms with Gasteiger partial charge in [0.2, 0.25) is 15.6 Å². The summed E-state index contributed by atoms with van der Waals surface area (Å²) in [5.74, 6) is 0.127. The Balaban J connectivity index is 1.59. The first-order chi connectivity index (χ1) is 14.4. The van der Waals surface area contributed by atoms with Gasteiger partial charge in [-0.25, -0.2) is 13.1 Å². The number of anilines is 1. The summed E-state index contributed by atoms with van der Waals surface area (Å²) in [6.45, 7) is 0. The third kappa shape index (κ3) is 3.00. The smallest absolute Gasteiger partial charge is 0.250 e. The molecule has 3 heterocycles. The minimum atomic E-state index is -3.39. The van der Waals surface area contributed by atoms with Crippen LogP contribution in [0.3, 0.4) is 0 Å². The number of sulfonamides is 1. The van der Waals surface area contributed by atoms with Crippen molar-refractivity contribution in [2.24, 2.45) is 7.05 Å². The maximum atomic E-state index is 12.9. The van der Waals surface area contributed by atoms with Crippen molar-refractivity contribution in [1.82, 2.24) is 14.3 Å². The molecule has 1 atom stereocenters. The molecule has 0 saturated carbocycles. The average molecular weight is 420 g/mol. The molecule has 0 unspecified atom stereocenters. The zero-order valence-corrected chi connectivity index (χ0v) is 17.2. The summed E-state index contributed by atoms with van der Waals surface area (Å²) in [6.07, 6.45) is 3.99. The van der Waals surface area contributed by atoms with Crippen LogP contribution in [0.25, 0.3) is 16.6 Å². The number of hydrogen-bond donors (Lipinski definition) is 0. The van der Waals surface area contributed by atoms with Gasteiger partial charge in [-0.2, -0.15) is 5.10 Å². The second-order valence-electron chi connectivity index (χ2n) is 7.46. The van der Waals surface area contributed by atoms with E-state index < -0.39 is 10.0 Å². The van der Waals surface area contributed by atoms with Crippen molar-refractivity contribution in [2.45, 2.75) is 12.5 Å². The van der Waals surface area contributed by atoms with Gasteiger partial charge >= 0.3 is 0 Å². The highest BCUT2D eigenvalue weighted by Crippen LogP contribution is 2.39. The molecule has 0 bridgehead atoms. The Labute approximate surface area is 173 Å². The molecule has 152 valence electrons. The highest BCUT2D eigenvalue weighted by Gasteiger charge is 2.38. The monoisotopic (exact) mass is 420 g/mol. The SMILES string of the molecule is Cn1cc(-n2ncc3cc(N4[C@H](c5ccccc5)CCS4(=O)=O)ccc32)ccc1=O. The van der Waals surface area contributed by atoms with E-state index in [1.165, 1.54) is 14.9 Å². The molecule has 4 aromatic rings. The average Bonchev–Trinajstić information content (AvgIpc) is 3.30. The number of rotatable bonds is 3. The van der Waals surface area contributed by atoms with Crippen molar-refractivity contribution in [3.8, 4) is 5.69 Å². The fourth-order valence-corrected chi connectivity index (χ4v) is 5.82. The van der Waals surface area contributed by atoms with E-state index in [1.54, 1.807) is 30.2 Å². The van der Waals surface area contributed by atoms with Gasteiger partial charge in [-0.1, -0.05) is 30.3 Å². The first-order valence-electron chi connectivity index (χ1n) is 9.66. The highest BCUT2D eigenvalue weighted by molar-refractivity contribution is 7.93. The maximum Gasteiger partial charge on any atom is 0.250 e. The predicted molar refractivity (Wildman–Crippen MR) is 116 cm³/mol. The summed E-state index contributed by atoms with van der Waals surface area (Å²) in [7, 11) is -1.70. The van der Waals surface area contributed by atoms with Crippen LogP contribution in [-0.4, -0.2) is 28.5 Å². The quantitative estimate of drug-likeness (QED) is 0.511. The second-order valence-corrected chi connectivity index (χ2v) is 9.43. The molecule has 2 aromatic carbocycles. The third-order valence-electron chi connectivity index (χ3n) is 5.54. The van der Waals surface area contributed by atoms with Crippen molar-refractivity contribution in [3.63, 3.8) is 0 Å². The largest absolute Gasteiger partial charge is 0.316 e. The fraction of sp³-hybridized carbons (Fsp3) is 0.182. The van der Waals surface area contributed by atoms with Crippen molar-refractivity contribution in [3.05, 3.63) is 89.0 Å². The lowest BCUT2D eigenvalue weighted by molar-refractivity contribution is 0.597. The topological polar surface area (TPSA) is 77.2 Å². The highest BCUT2D eigenvalue weighted by atomic mass is 32.2. The zero-order chi connectivity index (χ0) is 20.9. The zero-order valence-electron chi connectivity index (χ0n) is 16.3. The number of aryl methyl sites for hydroxylation is 1. The molecule has 1 saturated heterocycles. The van der Waals surface area contributed by atoms with Gasteiger partial charge in [0.1, 0.15) is 0 Å². The summed E-state index contributed by atoms with van der Waals surface area (Å²) in [4.78, 5) is 11.7. The van der Waals surface area contributed by atoms with Crippen LogP contribution in [0.4, 0.5) is 5.69 Å². The molecular formula is C22H20N4O3S. The normalized spacial score (nSPS) is 18.2. The molecule has 0 amide bonds. The van der Waals surface area contributed by atoms with E-state index in [0.29, 0.717) is 12.1 Å². The Morgan fingerprint density at radius 1 is 1.00 bits per heavy atom. The molecule has 1 aliphatic heterocycles. The van der Waals surface area contributed by atoms with Gasteiger partial charge in [-0.3, -0.25) is 9.10 Å². The van der Waals surface area contributed by atoms with E-state index in [9.17, 15) is 13.2 Å². The Morgan fingerprint density at radius 2 is 1.77 bits per heavy atom. The summed E-state index contributed by atoms with van der Waals surface area (Å²) in [5.41, 5.74) is 3.12. The molecule has 1 aliphatic rings. The number of aromatic nitrogens is 3. The molecule has 0 spiro atoms. The number of hydrogen-bond acceptors (Lipinski definition) is 4. The van der Waals surface area contributed by atoms with Crippen LogP contribution < -0.4 is 9.86 Å². The Kier molecular flexibility index (Phi) is 4.25. The molecular weight excluding hydrogens is 400 g/mol. The molecule has 30 heavy (non-hydrogen) atoms. The second kappa shape index (κ2) is 6.84. The summed E-state index contributed by atoms with van der Waals surface area (Å²) in [5, 5.41) is 5.28. The van der Waals surface area contributed by atoms with Crippen LogP contribution in [0.2, 0.25) is 0 Å². The van der Waals surface area contributed by atoms with E-state index in [-0.39, 0.29) is 17.4 Å². The number of benzene rings is 2. The summed E-state index contributed by atoms with van der Waals surface area (Å²) in [6, 6.07) is 18.3. The van der Waals surface area contributed by atoms with Gasteiger partial charge in [0, 0.05) is 24.7 Å². The standard InChI is InChI=1S/C22H20N4O3S/c1-24-15-19(8-10-22(24)27)25-20-9-7-18(13-17(20)14-23-25)26-21(11-12-30(26,28)29)16-5-3-2-4-6-16/h2-10,13-15,21H,11-12H2,1H3/t21-/m0/s1. The van der Waals surface area contributed by atoms with Gasteiger partial charge in [0.15, 0.2) is 0 Å². The van der Waals surface area contributed by atoms with Crippen LogP contribution >= 0.6 is 0 Å². The van der Waals surface area contributed by atoms with Gasteiger partial charge in [-0.05, 0) is 36.2 Å². The maximum absolute atomic E-state index is 12.9. The van der Waals surface area contributed by atoms with E-state index in [2.05, 4.69) is 5.10 Å². The molecule has 8 heteroatoms. The van der Waals surface area contributed by atoms with Gasteiger partial charge in [0.05, 0.1) is 34.9 Å². The Hall–Kier alpha value is -3.39. The van der Waals surface area contributed by atoms with Crippen molar-refractivity contribution < 1.29 is 8.42 Å². The molecule has 1 fully saturated rings. The molecule has 0 N–H and O–H groups in total. The molecule has 7 nitrogen and oxygen atoms in total. The number of fused-ring (bicyclic) bond motifs is 1. The summed E-state index contributed by atoms with van der Waals surface area (Å²) < 4.78 is 30.5. The van der Waals surface area contributed by atoms with Crippen LogP contribution in [0.1, 0.15) is 18.0 Å². The Bertz CT molecular complexity index is 1410. The number of nitrogens with zero attached hydrogens (tertiary/aromatic N) is 4. The van der Waals surface area contributed by atoms with Crippen LogP contribution in [0.5, 0.6) is 0 Å². The first-order valence-corrected chi connectivity index (χ1v) is 11.3. The number of pyridine rings is 1. The predicted octanol–water partition coefficient (Wildman–Crippen LogP) is 3.01. The van der Waals surface area contributed by atoms with E-state index in [1.807, 2.05) is 48.5 Å². The summed E-state index contributed by atoms with van der Waals surface area (Å²) >= 11 is 0. The lowest BCUT2D eigenvalue weighted by atomic mass is 10.0. The van der Waals surface area contributed by atoms with Gasteiger partial charge in [-0.15, -0.1) is 0 Å². The van der Waals surface area contributed by atoms with Gasteiger partial charge in [0.25, 0.3) is 0 Å². The molecule has 2 aromatic heterocycles. The minimum absolute atomic E-state index is 0.0938. The minimum Gasteiger partial charge on any atom is -0.316 e. The van der Waals surface area contributed by atoms with Crippen LogP contribution in [0, 0.1) is 0 Å². The lowest BCUT2D eigenvalue weighted by Gasteiger charge is -2.25. The van der Waals surface area contributed by atoms with Crippen LogP contribution in [0.15, 0.2) is 77.9 Å². The van der Waals surface area contributed by atoms with Crippen molar-refractivity contribution in [2.75, 3.05) is 10.1 Å². The van der Waals surface area contributed by atoms with Crippen molar-refractivity contribution in [1.29, 1.82) is 0 Å². The fourth-order valence-electron chi connectivity index (χ4n) is 4.06. The van der Waals surface area contributed by atoms with E-state index in [4.69, 9.17) is 0 Å². The Morgan fingerprint density at radius 3 is 2.53 bits per heavy atom. The van der Waals surface area contributed by atoms with Crippen molar-refractivity contribution >= 4 is 26.6 Å².